The van der Waals surface area contributed by atoms with Crippen molar-refractivity contribution in [3.8, 4) is 0 Å². The van der Waals surface area contributed by atoms with Gasteiger partial charge >= 0.3 is 0 Å². The number of carbonyl (C=O) groups excluding carboxylic acids is 2. The van der Waals surface area contributed by atoms with E-state index in [2.05, 4.69) is 10.3 Å². The molecule has 1 aromatic heterocycles. The van der Waals surface area contributed by atoms with Crippen molar-refractivity contribution in [1.29, 1.82) is 0 Å². The topological polar surface area (TPSA) is 96.4 Å². The van der Waals surface area contributed by atoms with Crippen molar-refractivity contribution in [3.63, 3.8) is 0 Å². The number of Topliss-reactive ketones (excluding diaryl/α,β-unsaturated/α-hetero) is 1. The van der Waals surface area contributed by atoms with Crippen LogP contribution in [0.15, 0.2) is 34.5 Å². The van der Waals surface area contributed by atoms with E-state index in [0.717, 1.165) is 23.5 Å². The lowest BCUT2D eigenvalue weighted by Crippen LogP contribution is -2.39. The predicted octanol–water partition coefficient (Wildman–Crippen LogP) is 2.55. The van der Waals surface area contributed by atoms with Crippen LogP contribution in [-0.4, -0.2) is 42.5 Å². The molecule has 2 aromatic rings. The maximum absolute atomic E-state index is 13.0. The molecular formula is C19H23N3O4S2. The minimum absolute atomic E-state index is 0.0381. The van der Waals surface area contributed by atoms with Crippen LogP contribution in [0.3, 0.4) is 0 Å². The van der Waals surface area contributed by atoms with Gasteiger partial charge in [0.1, 0.15) is 0 Å². The Morgan fingerprint density at radius 1 is 1.25 bits per heavy atom. The summed E-state index contributed by atoms with van der Waals surface area (Å²) < 4.78 is 27.5. The molecule has 150 valence electrons. The van der Waals surface area contributed by atoms with Crippen LogP contribution in [0, 0.1) is 0 Å². The molecule has 1 aliphatic rings. The number of rotatable bonds is 6. The molecule has 1 atom stereocenters. The number of nitrogens with zero attached hydrogens (tertiary/aromatic N) is 2. The first-order valence-corrected chi connectivity index (χ1v) is 11.4. The molecule has 9 heteroatoms. The Morgan fingerprint density at radius 3 is 2.61 bits per heavy atom. The van der Waals surface area contributed by atoms with Crippen LogP contribution in [0.25, 0.3) is 0 Å². The van der Waals surface area contributed by atoms with Crippen molar-refractivity contribution in [2.45, 2.75) is 44.0 Å². The molecule has 1 aliphatic heterocycles. The first-order valence-electron chi connectivity index (χ1n) is 9.07. The molecule has 0 saturated carbocycles. The predicted molar refractivity (Wildman–Crippen MR) is 107 cm³/mol. The monoisotopic (exact) mass is 421 g/mol. The summed E-state index contributed by atoms with van der Waals surface area (Å²) in [5.41, 5.74) is 1.28. The van der Waals surface area contributed by atoms with E-state index in [4.69, 9.17) is 0 Å². The minimum atomic E-state index is -3.62. The van der Waals surface area contributed by atoms with E-state index in [-0.39, 0.29) is 22.5 Å². The number of thiazole rings is 1. The molecule has 0 bridgehead atoms. The molecule has 2 heterocycles. The minimum Gasteiger partial charge on any atom is -0.351 e. The van der Waals surface area contributed by atoms with Crippen molar-refractivity contribution in [3.05, 3.63) is 45.9 Å². The quantitative estimate of drug-likeness (QED) is 0.723. The Kier molecular flexibility index (Phi) is 6.26. The van der Waals surface area contributed by atoms with Crippen molar-refractivity contribution in [2.24, 2.45) is 0 Å². The van der Waals surface area contributed by atoms with E-state index in [1.165, 1.54) is 41.6 Å². The molecule has 1 N–H and O–H groups in total. The Morgan fingerprint density at radius 2 is 1.96 bits per heavy atom. The summed E-state index contributed by atoms with van der Waals surface area (Å²) in [5.74, 6) is -0.169. The lowest BCUT2D eigenvalue weighted by molar-refractivity contribution is -0.119. The fourth-order valence-electron chi connectivity index (χ4n) is 3.18. The number of piperidine rings is 1. The Balaban J connectivity index is 1.73. The average Bonchev–Trinajstić information content (AvgIpc) is 3.15. The van der Waals surface area contributed by atoms with E-state index in [1.807, 2.05) is 5.38 Å². The molecule has 1 unspecified atom stereocenters. The standard InChI is InChI=1S/C19H23N3O4S2/c1-13(23)15-5-7-18(8-6-15)28(25,26)22-9-3-4-16(11-22)19-21-17(12-27-19)10-20-14(2)24/h5-8,12,16H,3-4,9-11H2,1-2H3,(H,20,24). The van der Waals surface area contributed by atoms with E-state index >= 15 is 0 Å². The SMILES string of the molecule is CC(=O)NCc1csc(C2CCCN(S(=O)(=O)c3ccc(C(C)=O)cc3)C2)n1. The van der Waals surface area contributed by atoms with E-state index in [0.29, 0.717) is 25.2 Å². The fraction of sp³-hybridized carbons (Fsp3) is 0.421. The molecule has 0 aliphatic carbocycles. The third kappa shape index (κ3) is 4.65. The first kappa shape index (κ1) is 20.6. The van der Waals surface area contributed by atoms with Gasteiger partial charge in [0.15, 0.2) is 5.78 Å². The number of hydrogen-bond acceptors (Lipinski definition) is 6. The van der Waals surface area contributed by atoms with Crippen LogP contribution >= 0.6 is 11.3 Å². The van der Waals surface area contributed by atoms with Gasteiger partial charge in [-0.05, 0) is 31.9 Å². The maximum Gasteiger partial charge on any atom is 0.243 e. The Hall–Kier alpha value is -2.10. The number of carbonyl (C=O) groups is 2. The van der Waals surface area contributed by atoms with Crippen LogP contribution in [0.1, 0.15) is 53.7 Å². The van der Waals surface area contributed by atoms with Gasteiger partial charge < -0.3 is 5.32 Å². The smallest absolute Gasteiger partial charge is 0.243 e. The summed E-state index contributed by atoms with van der Waals surface area (Å²) in [6, 6.07) is 6.08. The van der Waals surface area contributed by atoms with Crippen LogP contribution in [0.5, 0.6) is 0 Å². The largest absolute Gasteiger partial charge is 0.351 e. The van der Waals surface area contributed by atoms with Gasteiger partial charge in [0.2, 0.25) is 15.9 Å². The van der Waals surface area contributed by atoms with E-state index in [1.54, 1.807) is 12.1 Å². The number of benzene rings is 1. The number of ketones is 1. The highest BCUT2D eigenvalue weighted by Gasteiger charge is 2.32. The van der Waals surface area contributed by atoms with Crippen LogP contribution < -0.4 is 5.32 Å². The van der Waals surface area contributed by atoms with Gasteiger partial charge in [-0.25, -0.2) is 13.4 Å². The molecular weight excluding hydrogens is 398 g/mol. The van der Waals surface area contributed by atoms with Gasteiger partial charge in [0.25, 0.3) is 0 Å². The molecule has 1 fully saturated rings. The summed E-state index contributed by atoms with van der Waals surface area (Å²) >= 11 is 1.50. The second-order valence-corrected chi connectivity index (χ2v) is 9.70. The molecule has 1 saturated heterocycles. The van der Waals surface area contributed by atoms with Gasteiger partial charge in [-0.15, -0.1) is 11.3 Å². The molecule has 1 amide bonds. The van der Waals surface area contributed by atoms with Crippen LogP contribution in [-0.2, 0) is 21.4 Å². The molecule has 0 radical (unpaired) electrons. The number of hydrogen-bond donors (Lipinski definition) is 1. The first-order chi connectivity index (χ1) is 13.3. The third-order valence-electron chi connectivity index (χ3n) is 4.72. The highest BCUT2D eigenvalue weighted by molar-refractivity contribution is 7.89. The molecule has 1 aromatic carbocycles. The van der Waals surface area contributed by atoms with Crippen molar-refractivity contribution >= 4 is 33.1 Å². The van der Waals surface area contributed by atoms with E-state index < -0.39 is 10.0 Å². The second kappa shape index (κ2) is 8.50. The van der Waals surface area contributed by atoms with Crippen molar-refractivity contribution in [2.75, 3.05) is 13.1 Å². The summed E-state index contributed by atoms with van der Waals surface area (Å²) in [7, 11) is -3.62. The number of amides is 1. The summed E-state index contributed by atoms with van der Waals surface area (Å²) in [6.45, 7) is 4.14. The van der Waals surface area contributed by atoms with E-state index in [9.17, 15) is 18.0 Å². The lowest BCUT2D eigenvalue weighted by Gasteiger charge is -2.31. The van der Waals surface area contributed by atoms with Gasteiger partial charge in [-0.1, -0.05) is 12.1 Å². The Labute approximate surface area is 168 Å². The van der Waals surface area contributed by atoms with Crippen LogP contribution in [0.4, 0.5) is 0 Å². The number of sulfonamides is 1. The van der Waals surface area contributed by atoms with Crippen molar-refractivity contribution < 1.29 is 18.0 Å². The average molecular weight is 422 g/mol. The zero-order chi connectivity index (χ0) is 20.3. The molecule has 7 nitrogen and oxygen atoms in total. The fourth-order valence-corrected chi connectivity index (χ4v) is 5.65. The van der Waals surface area contributed by atoms with Gasteiger partial charge in [-0.3, -0.25) is 9.59 Å². The molecule has 28 heavy (non-hydrogen) atoms. The van der Waals surface area contributed by atoms with Crippen molar-refractivity contribution in [1.82, 2.24) is 14.6 Å². The number of aromatic nitrogens is 1. The van der Waals surface area contributed by atoms with Crippen LogP contribution in [0.2, 0.25) is 0 Å². The normalized spacial score (nSPS) is 18.0. The third-order valence-corrected chi connectivity index (χ3v) is 7.66. The van der Waals surface area contributed by atoms with Gasteiger partial charge in [0, 0.05) is 36.9 Å². The molecule has 0 spiro atoms. The van der Waals surface area contributed by atoms with Gasteiger partial charge in [-0.2, -0.15) is 4.31 Å². The zero-order valence-corrected chi connectivity index (χ0v) is 17.5. The summed E-state index contributed by atoms with van der Waals surface area (Å²) in [4.78, 5) is 27.2. The summed E-state index contributed by atoms with van der Waals surface area (Å²) in [6.07, 6.45) is 1.64. The summed E-state index contributed by atoms with van der Waals surface area (Å²) in [5, 5.41) is 5.52. The zero-order valence-electron chi connectivity index (χ0n) is 15.8. The second-order valence-electron chi connectivity index (χ2n) is 6.87. The highest BCUT2D eigenvalue weighted by atomic mass is 32.2. The lowest BCUT2D eigenvalue weighted by atomic mass is 10.0. The molecule has 3 rings (SSSR count). The highest BCUT2D eigenvalue weighted by Crippen LogP contribution is 2.32. The Bertz CT molecular complexity index is 967. The maximum atomic E-state index is 13.0. The number of nitrogens with one attached hydrogen (secondary N) is 1. The van der Waals surface area contributed by atoms with Gasteiger partial charge in [0.05, 0.1) is 22.1 Å².